The van der Waals surface area contributed by atoms with Crippen molar-refractivity contribution >= 4 is 23.0 Å². The molecule has 7 heavy (non-hydrogen) atoms. The van der Waals surface area contributed by atoms with Crippen molar-refractivity contribution in [2.45, 2.75) is 6.92 Å². The fourth-order valence-electron chi connectivity index (χ4n) is 0.0527. The molecule has 0 spiro atoms. The van der Waals surface area contributed by atoms with Crippen LogP contribution in [0.25, 0.3) is 0 Å². The molecular weight excluding hydrogens is 136 g/mol. The van der Waals surface area contributed by atoms with Crippen LogP contribution in [0.15, 0.2) is 0 Å². The summed E-state index contributed by atoms with van der Waals surface area (Å²) in [5, 5.41) is 0. The van der Waals surface area contributed by atoms with Gasteiger partial charge in [-0.1, -0.05) is 0 Å². The SMILES string of the molecule is CCS(=O)(=O)OS. The topological polar surface area (TPSA) is 43.4 Å². The van der Waals surface area contributed by atoms with Crippen molar-refractivity contribution in [2.24, 2.45) is 0 Å². The normalized spacial score (nSPS) is 11.7. The molecule has 0 saturated carbocycles. The van der Waals surface area contributed by atoms with Gasteiger partial charge >= 0.3 is 0 Å². The Morgan fingerprint density at radius 3 is 2.14 bits per heavy atom. The molecule has 5 heteroatoms. The number of hydrogen-bond donors (Lipinski definition) is 1. The molecule has 0 heterocycles. The molecule has 0 aliphatic heterocycles. The van der Waals surface area contributed by atoms with E-state index < -0.39 is 10.1 Å². The minimum Gasteiger partial charge on any atom is -0.201 e. The molecule has 0 unspecified atom stereocenters. The lowest BCUT2D eigenvalue weighted by atomic mass is 11.0. The highest BCUT2D eigenvalue weighted by atomic mass is 32.3. The summed E-state index contributed by atoms with van der Waals surface area (Å²) in [6.45, 7) is 1.48. The molecule has 3 nitrogen and oxygen atoms in total. The lowest BCUT2D eigenvalue weighted by Gasteiger charge is -1.89. The van der Waals surface area contributed by atoms with Crippen LogP contribution in [-0.4, -0.2) is 14.2 Å². The third-order valence-electron chi connectivity index (χ3n) is 0.467. The Labute approximate surface area is 48.4 Å². The van der Waals surface area contributed by atoms with Gasteiger partial charge in [-0.3, -0.25) is 0 Å². The summed E-state index contributed by atoms with van der Waals surface area (Å²) in [5.41, 5.74) is 0. The van der Waals surface area contributed by atoms with Gasteiger partial charge in [0.1, 0.15) is 0 Å². The van der Waals surface area contributed by atoms with Gasteiger partial charge in [-0.05, 0) is 19.8 Å². The first-order valence-corrected chi connectivity index (χ1v) is 3.62. The second-order valence-corrected chi connectivity index (χ2v) is 3.21. The maximum atomic E-state index is 10.1. The van der Waals surface area contributed by atoms with Crippen molar-refractivity contribution in [2.75, 3.05) is 5.75 Å². The van der Waals surface area contributed by atoms with Gasteiger partial charge in [0, 0.05) is 0 Å². The van der Waals surface area contributed by atoms with Gasteiger partial charge in [0.15, 0.2) is 0 Å². The van der Waals surface area contributed by atoms with E-state index in [1.165, 1.54) is 6.92 Å². The summed E-state index contributed by atoms with van der Waals surface area (Å²) < 4.78 is 23.9. The third-order valence-corrected chi connectivity index (χ3v) is 2.08. The van der Waals surface area contributed by atoms with Crippen molar-refractivity contribution < 1.29 is 12.0 Å². The Hall–Kier alpha value is 0.260. The van der Waals surface area contributed by atoms with Crippen LogP contribution in [0.1, 0.15) is 6.92 Å². The van der Waals surface area contributed by atoms with Gasteiger partial charge < -0.3 is 0 Å². The zero-order valence-electron chi connectivity index (χ0n) is 3.79. The van der Waals surface area contributed by atoms with E-state index in [4.69, 9.17) is 0 Å². The first-order chi connectivity index (χ1) is 3.12. The van der Waals surface area contributed by atoms with E-state index in [2.05, 4.69) is 16.5 Å². The molecule has 0 rings (SSSR count). The highest BCUT2D eigenvalue weighted by Gasteiger charge is 2.01. The van der Waals surface area contributed by atoms with Crippen LogP contribution < -0.4 is 0 Å². The first kappa shape index (κ1) is 7.26. The fraction of sp³-hybridized carbons (Fsp3) is 1.00. The maximum Gasteiger partial charge on any atom is 0.277 e. The largest absolute Gasteiger partial charge is 0.277 e. The molecule has 0 aliphatic carbocycles. The minimum absolute atomic E-state index is 0.0312. The third kappa shape index (κ3) is 2.90. The zero-order chi connectivity index (χ0) is 5.91. The van der Waals surface area contributed by atoms with Gasteiger partial charge in [0.25, 0.3) is 10.1 Å². The van der Waals surface area contributed by atoms with Crippen LogP contribution in [0.3, 0.4) is 0 Å². The molecule has 0 aromatic carbocycles. The smallest absolute Gasteiger partial charge is 0.201 e. The summed E-state index contributed by atoms with van der Waals surface area (Å²) in [7, 11) is -3.29. The van der Waals surface area contributed by atoms with Crippen molar-refractivity contribution in [3.8, 4) is 0 Å². The first-order valence-electron chi connectivity index (χ1n) is 1.68. The van der Waals surface area contributed by atoms with Crippen LogP contribution in [0.4, 0.5) is 0 Å². The highest BCUT2D eigenvalue weighted by molar-refractivity contribution is 7.95. The molecule has 0 fully saturated rings. The van der Waals surface area contributed by atoms with E-state index in [9.17, 15) is 8.42 Å². The summed E-state index contributed by atoms with van der Waals surface area (Å²) >= 11 is 3.09. The number of hydrogen-bond acceptors (Lipinski definition) is 4. The zero-order valence-corrected chi connectivity index (χ0v) is 5.50. The van der Waals surface area contributed by atoms with Gasteiger partial charge in [-0.15, -0.1) is 0 Å². The quantitative estimate of drug-likeness (QED) is 0.442. The summed E-state index contributed by atoms with van der Waals surface area (Å²) in [5.74, 6) is -0.0312. The Morgan fingerprint density at radius 1 is 1.71 bits per heavy atom. The molecule has 44 valence electrons. The Kier molecular flexibility index (Phi) is 2.63. The highest BCUT2D eigenvalue weighted by Crippen LogP contribution is 1.92. The average molecular weight is 142 g/mol. The molecule has 0 aromatic rings. The average Bonchev–Trinajstić information content (AvgIpc) is 1.68. The van der Waals surface area contributed by atoms with Crippen LogP contribution in [0.5, 0.6) is 0 Å². The Balaban J connectivity index is 3.89. The standard InChI is InChI=1S/C2H6O3S2/c1-2-7(3,4)5-6/h6H,2H2,1H3. The Bertz CT molecular complexity index is 114. The van der Waals surface area contributed by atoms with Crippen molar-refractivity contribution in [3.63, 3.8) is 0 Å². The van der Waals surface area contributed by atoms with Gasteiger partial charge in [0.2, 0.25) is 0 Å². The summed E-state index contributed by atoms with van der Waals surface area (Å²) in [6, 6.07) is 0. The van der Waals surface area contributed by atoms with E-state index in [0.29, 0.717) is 0 Å². The van der Waals surface area contributed by atoms with Crippen LogP contribution >= 0.6 is 12.9 Å². The van der Waals surface area contributed by atoms with E-state index in [1.54, 1.807) is 0 Å². The van der Waals surface area contributed by atoms with Crippen LogP contribution in [0, 0.1) is 0 Å². The minimum atomic E-state index is -3.29. The molecule has 0 bridgehead atoms. The van der Waals surface area contributed by atoms with Gasteiger partial charge in [-0.25, -0.2) is 3.63 Å². The fourth-order valence-corrected chi connectivity index (χ4v) is 0.474. The van der Waals surface area contributed by atoms with Gasteiger partial charge in [0.05, 0.1) is 5.75 Å². The molecule has 0 N–H and O–H groups in total. The lowest BCUT2D eigenvalue weighted by Crippen LogP contribution is -2.00. The second kappa shape index (κ2) is 2.54. The lowest BCUT2D eigenvalue weighted by molar-refractivity contribution is 0.523. The predicted octanol–water partition coefficient (Wildman–Crippen LogP) is 0.198. The Morgan fingerprint density at radius 2 is 2.14 bits per heavy atom. The predicted molar refractivity (Wildman–Crippen MR) is 29.5 cm³/mol. The number of rotatable bonds is 2. The van der Waals surface area contributed by atoms with Crippen LogP contribution in [0.2, 0.25) is 0 Å². The van der Waals surface area contributed by atoms with Crippen molar-refractivity contribution in [3.05, 3.63) is 0 Å². The number of thiol groups is 1. The van der Waals surface area contributed by atoms with E-state index >= 15 is 0 Å². The van der Waals surface area contributed by atoms with E-state index in [-0.39, 0.29) is 5.75 Å². The van der Waals surface area contributed by atoms with E-state index in [1.807, 2.05) is 0 Å². The van der Waals surface area contributed by atoms with Crippen LogP contribution in [-0.2, 0) is 13.7 Å². The summed E-state index contributed by atoms with van der Waals surface area (Å²) in [6.07, 6.45) is 0. The summed E-state index contributed by atoms with van der Waals surface area (Å²) in [4.78, 5) is 0. The second-order valence-electron chi connectivity index (χ2n) is 0.921. The monoisotopic (exact) mass is 142 g/mol. The maximum absolute atomic E-state index is 10.1. The molecule has 0 atom stereocenters. The molecule has 0 radical (unpaired) electrons. The van der Waals surface area contributed by atoms with Crippen molar-refractivity contribution in [1.82, 2.24) is 0 Å². The van der Waals surface area contributed by atoms with Crippen molar-refractivity contribution in [1.29, 1.82) is 0 Å². The molecule has 0 aromatic heterocycles. The molecular formula is C2H6O3S2. The molecule has 0 saturated heterocycles. The molecule has 0 aliphatic rings. The molecule has 0 amide bonds. The van der Waals surface area contributed by atoms with Gasteiger partial charge in [-0.2, -0.15) is 8.42 Å². The van der Waals surface area contributed by atoms with E-state index in [0.717, 1.165) is 0 Å².